The minimum atomic E-state index is -4.08. The molecule has 22 heavy (non-hydrogen) atoms. The van der Waals surface area contributed by atoms with Crippen molar-refractivity contribution in [3.8, 4) is 0 Å². The molecule has 2 N–H and O–H groups in total. The Kier molecular flexibility index (Phi) is 6.85. The summed E-state index contributed by atoms with van der Waals surface area (Å²) >= 11 is 0. The van der Waals surface area contributed by atoms with Crippen molar-refractivity contribution in [2.75, 3.05) is 6.16 Å². The van der Waals surface area contributed by atoms with Crippen LogP contribution in [-0.4, -0.2) is 15.9 Å². The topological polar surface area (TPSA) is 57.5 Å². The molecule has 0 bridgehead atoms. The monoisotopic (exact) mass is 326 g/mol. The van der Waals surface area contributed by atoms with Crippen LogP contribution in [0.1, 0.15) is 58.9 Å². The van der Waals surface area contributed by atoms with E-state index in [0.717, 1.165) is 37.7 Å². The summed E-state index contributed by atoms with van der Waals surface area (Å²) in [4.78, 5) is 19.4. The van der Waals surface area contributed by atoms with Gasteiger partial charge >= 0.3 is 7.60 Å². The fourth-order valence-corrected chi connectivity index (χ4v) is 5.74. The van der Waals surface area contributed by atoms with Crippen LogP contribution in [0.4, 0.5) is 0 Å². The molecule has 4 heteroatoms. The van der Waals surface area contributed by atoms with E-state index in [1.54, 1.807) is 0 Å². The zero-order chi connectivity index (χ0) is 16.9. The third-order valence-corrected chi connectivity index (χ3v) is 6.74. The maximum Gasteiger partial charge on any atom is 0.326 e. The van der Waals surface area contributed by atoms with Gasteiger partial charge in [-0.1, -0.05) is 58.0 Å². The molecule has 0 aliphatic carbocycles. The predicted molar refractivity (Wildman–Crippen MR) is 93.1 cm³/mol. The van der Waals surface area contributed by atoms with Gasteiger partial charge in [-0.3, -0.25) is 4.57 Å². The largest absolute Gasteiger partial charge is 0.326 e. The van der Waals surface area contributed by atoms with Gasteiger partial charge in [0.25, 0.3) is 0 Å². The molecule has 126 valence electrons. The lowest BCUT2D eigenvalue weighted by Gasteiger charge is -2.50. The summed E-state index contributed by atoms with van der Waals surface area (Å²) in [7, 11) is -4.08. The molecule has 0 aliphatic heterocycles. The Morgan fingerprint density at radius 3 is 1.68 bits per heavy atom. The van der Waals surface area contributed by atoms with Crippen LogP contribution in [0.3, 0.4) is 0 Å². The van der Waals surface area contributed by atoms with Crippen LogP contribution in [-0.2, 0) is 11.0 Å². The molecule has 0 saturated carbocycles. The SMILES string of the molecule is CCC(CC)(CC)C(CC)(Cc1ccccc1)CP(=O)(O)O. The molecule has 0 heterocycles. The van der Waals surface area contributed by atoms with Crippen molar-refractivity contribution in [2.45, 2.75) is 59.8 Å². The molecule has 0 aliphatic rings. The summed E-state index contributed by atoms with van der Waals surface area (Å²) in [5.74, 6) is 0. The van der Waals surface area contributed by atoms with Crippen LogP contribution in [0, 0.1) is 10.8 Å². The van der Waals surface area contributed by atoms with Crippen molar-refractivity contribution in [2.24, 2.45) is 10.8 Å². The van der Waals surface area contributed by atoms with Crippen LogP contribution in [0.25, 0.3) is 0 Å². The van der Waals surface area contributed by atoms with Crippen molar-refractivity contribution in [3.05, 3.63) is 35.9 Å². The molecule has 1 rings (SSSR count). The molecule has 0 spiro atoms. The van der Waals surface area contributed by atoms with Gasteiger partial charge in [0.15, 0.2) is 0 Å². The molecule has 1 unspecified atom stereocenters. The highest BCUT2D eigenvalue weighted by atomic mass is 31.2. The summed E-state index contributed by atoms with van der Waals surface area (Å²) in [5, 5.41) is 0. The third-order valence-electron chi connectivity index (χ3n) is 5.73. The molecule has 0 amide bonds. The average Bonchev–Trinajstić information content (AvgIpc) is 2.48. The van der Waals surface area contributed by atoms with Crippen LogP contribution in [0.5, 0.6) is 0 Å². The molecule has 1 aromatic carbocycles. The van der Waals surface area contributed by atoms with E-state index in [0.29, 0.717) is 0 Å². The Labute approximate surface area is 135 Å². The molecule has 0 fully saturated rings. The van der Waals surface area contributed by atoms with Crippen LogP contribution >= 0.6 is 7.60 Å². The average molecular weight is 326 g/mol. The Morgan fingerprint density at radius 1 is 0.864 bits per heavy atom. The first-order valence-corrected chi connectivity index (χ1v) is 10.2. The second-order valence-corrected chi connectivity index (χ2v) is 8.11. The fourth-order valence-electron chi connectivity index (χ4n) is 4.28. The summed E-state index contributed by atoms with van der Waals surface area (Å²) in [6, 6.07) is 10.1. The lowest BCUT2D eigenvalue weighted by Crippen LogP contribution is -2.45. The summed E-state index contributed by atoms with van der Waals surface area (Å²) in [6.45, 7) is 8.54. The van der Waals surface area contributed by atoms with E-state index in [9.17, 15) is 14.4 Å². The molecule has 0 aromatic heterocycles. The van der Waals surface area contributed by atoms with Crippen molar-refractivity contribution < 1.29 is 14.4 Å². The van der Waals surface area contributed by atoms with E-state index in [1.165, 1.54) is 0 Å². The highest BCUT2D eigenvalue weighted by molar-refractivity contribution is 7.51. The van der Waals surface area contributed by atoms with Crippen molar-refractivity contribution in [1.82, 2.24) is 0 Å². The highest BCUT2D eigenvalue weighted by Crippen LogP contribution is 2.58. The first-order valence-electron chi connectivity index (χ1n) is 8.36. The van der Waals surface area contributed by atoms with E-state index < -0.39 is 7.60 Å². The van der Waals surface area contributed by atoms with Gasteiger partial charge in [0.2, 0.25) is 0 Å². The van der Waals surface area contributed by atoms with Crippen molar-refractivity contribution in [1.29, 1.82) is 0 Å². The van der Waals surface area contributed by atoms with Crippen molar-refractivity contribution >= 4 is 7.60 Å². The lowest BCUT2D eigenvalue weighted by molar-refractivity contribution is 0.0293. The minimum absolute atomic E-state index is 0.0269. The molecular weight excluding hydrogens is 295 g/mol. The number of hydrogen-bond donors (Lipinski definition) is 2. The third kappa shape index (κ3) is 4.22. The maximum atomic E-state index is 11.9. The van der Waals surface area contributed by atoms with Gasteiger partial charge in [0.1, 0.15) is 0 Å². The minimum Gasteiger partial charge on any atom is -0.324 e. The Balaban J connectivity index is 3.37. The fraction of sp³-hybridized carbons (Fsp3) is 0.667. The normalized spacial score (nSPS) is 15.5. The lowest BCUT2D eigenvalue weighted by atomic mass is 9.56. The quantitative estimate of drug-likeness (QED) is 0.626. The second kappa shape index (κ2) is 7.77. The molecule has 0 saturated heterocycles. The first-order chi connectivity index (χ1) is 10.3. The standard InChI is InChI=1S/C18H31O3P/c1-5-17(6-2,7-3)18(8-4,15-22(19,20)21)14-16-12-10-9-11-13-16/h9-13H,5-8,14-15H2,1-4H3,(H2,19,20,21). The molecule has 1 aromatic rings. The van der Waals surface area contributed by atoms with Gasteiger partial charge in [0, 0.05) is 0 Å². The van der Waals surface area contributed by atoms with Gasteiger partial charge in [-0.05, 0) is 48.5 Å². The number of hydrogen-bond acceptors (Lipinski definition) is 1. The Bertz CT molecular complexity index is 482. The zero-order valence-electron chi connectivity index (χ0n) is 14.4. The summed E-state index contributed by atoms with van der Waals surface area (Å²) < 4.78 is 11.9. The van der Waals surface area contributed by atoms with E-state index >= 15 is 0 Å². The van der Waals surface area contributed by atoms with Gasteiger partial charge in [-0.25, -0.2) is 0 Å². The van der Waals surface area contributed by atoms with E-state index in [-0.39, 0.29) is 17.0 Å². The van der Waals surface area contributed by atoms with Gasteiger partial charge < -0.3 is 9.79 Å². The smallest absolute Gasteiger partial charge is 0.324 e. The predicted octanol–water partition coefficient (Wildman–Crippen LogP) is 5.02. The summed E-state index contributed by atoms with van der Waals surface area (Å²) in [5.41, 5.74) is 0.752. The Morgan fingerprint density at radius 2 is 1.32 bits per heavy atom. The van der Waals surface area contributed by atoms with E-state index in [1.807, 2.05) is 18.2 Å². The van der Waals surface area contributed by atoms with Gasteiger partial charge in [0.05, 0.1) is 6.16 Å². The van der Waals surface area contributed by atoms with Crippen LogP contribution in [0.15, 0.2) is 30.3 Å². The first kappa shape index (κ1) is 19.4. The molecule has 0 radical (unpaired) electrons. The van der Waals surface area contributed by atoms with Crippen molar-refractivity contribution in [3.63, 3.8) is 0 Å². The van der Waals surface area contributed by atoms with Crippen LogP contribution in [0.2, 0.25) is 0 Å². The maximum absolute atomic E-state index is 11.9. The van der Waals surface area contributed by atoms with E-state index in [4.69, 9.17) is 0 Å². The van der Waals surface area contributed by atoms with E-state index in [2.05, 4.69) is 39.8 Å². The van der Waals surface area contributed by atoms with Gasteiger partial charge in [-0.15, -0.1) is 0 Å². The second-order valence-electron chi connectivity index (χ2n) is 6.46. The number of benzene rings is 1. The molecule has 1 atom stereocenters. The zero-order valence-corrected chi connectivity index (χ0v) is 15.3. The van der Waals surface area contributed by atoms with Crippen LogP contribution < -0.4 is 0 Å². The number of rotatable bonds is 9. The highest BCUT2D eigenvalue weighted by Gasteiger charge is 2.49. The summed E-state index contributed by atoms with van der Waals surface area (Å²) in [6.07, 6.45) is 4.32. The van der Waals surface area contributed by atoms with Gasteiger partial charge in [-0.2, -0.15) is 0 Å². The molecule has 3 nitrogen and oxygen atoms in total. The molecular formula is C18H31O3P. The Hall–Kier alpha value is -0.630.